The van der Waals surface area contributed by atoms with E-state index in [0.29, 0.717) is 0 Å². The highest BCUT2D eigenvalue weighted by atomic mass is 32.2. The molecule has 7 heteroatoms. The number of nitrogens with one attached hydrogen (secondary N) is 1. The van der Waals surface area contributed by atoms with Crippen molar-refractivity contribution in [1.29, 1.82) is 0 Å². The molecule has 0 bridgehead atoms. The van der Waals surface area contributed by atoms with Crippen LogP contribution in [-0.4, -0.2) is 32.7 Å². The van der Waals surface area contributed by atoms with Gasteiger partial charge in [-0.25, -0.2) is 19.9 Å². The van der Waals surface area contributed by atoms with Gasteiger partial charge in [0.25, 0.3) is 0 Å². The predicted molar refractivity (Wildman–Crippen MR) is 78.7 cm³/mol. The molecule has 0 radical (unpaired) electrons. The van der Waals surface area contributed by atoms with Gasteiger partial charge in [0, 0.05) is 18.8 Å². The van der Waals surface area contributed by atoms with Crippen molar-refractivity contribution in [3.05, 3.63) is 24.7 Å². The lowest BCUT2D eigenvalue weighted by molar-refractivity contribution is 0.876. The van der Waals surface area contributed by atoms with Gasteiger partial charge < -0.3 is 5.32 Å². The lowest BCUT2D eigenvalue weighted by Crippen LogP contribution is -2.03. The van der Waals surface area contributed by atoms with Crippen LogP contribution in [0, 0.1) is 0 Å². The largest absolute Gasteiger partial charge is 0.370 e. The standard InChI is InChI=1S/C12H15N5S2/c1-3-5-14-9-7-11(17-12(16-9)18-2)19-10-4-6-13-8-15-10/h4,6-8H,3,5H2,1-2H3,(H,14,16,17). The van der Waals surface area contributed by atoms with Crippen molar-refractivity contribution in [1.82, 2.24) is 19.9 Å². The van der Waals surface area contributed by atoms with Gasteiger partial charge in [-0.2, -0.15) is 0 Å². The molecule has 100 valence electrons. The Hall–Kier alpha value is -1.34. The molecule has 2 heterocycles. The minimum absolute atomic E-state index is 0.762. The Balaban J connectivity index is 2.19. The highest BCUT2D eigenvalue weighted by Gasteiger charge is 2.06. The Morgan fingerprint density at radius 1 is 1.26 bits per heavy atom. The second kappa shape index (κ2) is 7.30. The zero-order valence-electron chi connectivity index (χ0n) is 10.8. The van der Waals surface area contributed by atoms with Crippen molar-refractivity contribution in [2.45, 2.75) is 28.6 Å². The lowest BCUT2D eigenvalue weighted by Gasteiger charge is -2.07. The van der Waals surface area contributed by atoms with Gasteiger partial charge >= 0.3 is 0 Å². The van der Waals surface area contributed by atoms with Crippen molar-refractivity contribution in [3.8, 4) is 0 Å². The van der Waals surface area contributed by atoms with E-state index >= 15 is 0 Å². The first-order chi connectivity index (χ1) is 9.31. The van der Waals surface area contributed by atoms with Crippen LogP contribution in [0.3, 0.4) is 0 Å². The normalized spacial score (nSPS) is 10.4. The first-order valence-corrected chi connectivity index (χ1v) is 7.96. The van der Waals surface area contributed by atoms with Crippen LogP contribution in [0.25, 0.3) is 0 Å². The van der Waals surface area contributed by atoms with Gasteiger partial charge in [-0.05, 0) is 30.5 Å². The third kappa shape index (κ3) is 4.36. The third-order valence-electron chi connectivity index (χ3n) is 2.18. The molecule has 0 aliphatic carbocycles. The van der Waals surface area contributed by atoms with E-state index in [4.69, 9.17) is 0 Å². The maximum Gasteiger partial charge on any atom is 0.190 e. The number of aromatic nitrogens is 4. The van der Waals surface area contributed by atoms with Gasteiger partial charge in [-0.1, -0.05) is 18.7 Å². The van der Waals surface area contributed by atoms with Crippen molar-refractivity contribution < 1.29 is 0 Å². The van der Waals surface area contributed by atoms with Crippen molar-refractivity contribution in [3.63, 3.8) is 0 Å². The second-order valence-corrected chi connectivity index (χ2v) is 5.47. The maximum atomic E-state index is 4.47. The Kier molecular flexibility index (Phi) is 5.41. The average Bonchev–Trinajstić information content (AvgIpc) is 2.46. The summed E-state index contributed by atoms with van der Waals surface area (Å²) < 4.78 is 0. The van der Waals surface area contributed by atoms with Crippen molar-refractivity contribution in [2.75, 3.05) is 18.1 Å². The fraction of sp³-hybridized carbons (Fsp3) is 0.333. The zero-order chi connectivity index (χ0) is 13.5. The smallest absolute Gasteiger partial charge is 0.190 e. The quantitative estimate of drug-likeness (QED) is 0.499. The highest BCUT2D eigenvalue weighted by molar-refractivity contribution is 7.99. The van der Waals surface area contributed by atoms with E-state index in [1.54, 1.807) is 6.20 Å². The molecule has 0 spiro atoms. The van der Waals surface area contributed by atoms with E-state index in [1.807, 2.05) is 18.4 Å². The number of hydrogen-bond acceptors (Lipinski definition) is 7. The molecule has 0 fully saturated rings. The van der Waals surface area contributed by atoms with Crippen LogP contribution in [0.15, 0.2) is 39.9 Å². The summed E-state index contributed by atoms with van der Waals surface area (Å²) >= 11 is 3.04. The summed E-state index contributed by atoms with van der Waals surface area (Å²) in [6.45, 7) is 3.03. The third-order valence-corrected chi connectivity index (χ3v) is 3.60. The minimum Gasteiger partial charge on any atom is -0.370 e. The van der Waals surface area contributed by atoms with Gasteiger partial charge in [0.15, 0.2) is 5.16 Å². The Morgan fingerprint density at radius 2 is 2.16 bits per heavy atom. The van der Waals surface area contributed by atoms with Crippen LogP contribution in [-0.2, 0) is 0 Å². The molecule has 0 aromatic carbocycles. The van der Waals surface area contributed by atoms with Crippen LogP contribution in [0.2, 0.25) is 0 Å². The van der Waals surface area contributed by atoms with E-state index in [9.17, 15) is 0 Å². The van der Waals surface area contributed by atoms with Crippen LogP contribution in [0.5, 0.6) is 0 Å². The van der Waals surface area contributed by atoms with Crippen LogP contribution < -0.4 is 5.32 Å². The molecule has 2 aromatic rings. The van der Waals surface area contributed by atoms with E-state index in [-0.39, 0.29) is 0 Å². The van der Waals surface area contributed by atoms with E-state index < -0.39 is 0 Å². The molecule has 0 saturated carbocycles. The highest BCUT2D eigenvalue weighted by Crippen LogP contribution is 2.27. The molecule has 0 aliphatic heterocycles. The molecule has 0 atom stereocenters. The maximum absolute atomic E-state index is 4.47. The van der Waals surface area contributed by atoms with Gasteiger partial charge in [0.05, 0.1) is 0 Å². The molecule has 2 rings (SSSR count). The first-order valence-electron chi connectivity index (χ1n) is 5.92. The van der Waals surface area contributed by atoms with Crippen molar-refractivity contribution >= 4 is 29.3 Å². The number of anilines is 1. The summed E-state index contributed by atoms with van der Waals surface area (Å²) in [6.07, 6.45) is 6.29. The molecule has 0 saturated heterocycles. The van der Waals surface area contributed by atoms with Crippen LogP contribution in [0.4, 0.5) is 5.82 Å². The summed E-state index contributed by atoms with van der Waals surface area (Å²) in [5, 5.41) is 5.81. The van der Waals surface area contributed by atoms with E-state index in [2.05, 4.69) is 32.2 Å². The molecular weight excluding hydrogens is 278 g/mol. The van der Waals surface area contributed by atoms with E-state index in [0.717, 1.165) is 34.0 Å². The second-order valence-electron chi connectivity index (χ2n) is 3.65. The van der Waals surface area contributed by atoms with E-state index in [1.165, 1.54) is 29.9 Å². The number of thioether (sulfide) groups is 1. The molecule has 19 heavy (non-hydrogen) atoms. The fourth-order valence-corrected chi connectivity index (χ4v) is 2.52. The fourth-order valence-electron chi connectivity index (χ4n) is 1.34. The molecule has 5 nitrogen and oxygen atoms in total. The SMILES string of the molecule is CCCNc1cc(Sc2ccncn2)nc(SC)n1. The van der Waals surface area contributed by atoms with Crippen LogP contribution in [0.1, 0.15) is 13.3 Å². The molecule has 0 amide bonds. The Morgan fingerprint density at radius 3 is 2.84 bits per heavy atom. The summed E-state index contributed by atoms with van der Waals surface area (Å²) in [5.74, 6) is 0.859. The minimum atomic E-state index is 0.762. The average molecular weight is 293 g/mol. The molecule has 0 unspecified atom stereocenters. The van der Waals surface area contributed by atoms with Gasteiger partial charge in [-0.15, -0.1) is 0 Å². The molecular formula is C12H15N5S2. The molecule has 0 aliphatic rings. The Labute approximate surface area is 121 Å². The monoisotopic (exact) mass is 293 g/mol. The number of nitrogens with zero attached hydrogens (tertiary/aromatic N) is 4. The summed E-state index contributed by atoms with van der Waals surface area (Å²) in [6, 6.07) is 3.81. The van der Waals surface area contributed by atoms with Gasteiger partial charge in [-0.3, -0.25) is 0 Å². The van der Waals surface area contributed by atoms with Crippen LogP contribution >= 0.6 is 23.5 Å². The molecule has 2 aromatic heterocycles. The number of rotatable bonds is 6. The summed E-state index contributed by atoms with van der Waals surface area (Å²) in [5.41, 5.74) is 0. The van der Waals surface area contributed by atoms with Crippen molar-refractivity contribution in [2.24, 2.45) is 0 Å². The van der Waals surface area contributed by atoms with Gasteiger partial charge in [0.1, 0.15) is 22.2 Å². The summed E-state index contributed by atoms with van der Waals surface area (Å²) in [7, 11) is 0. The Bertz CT molecular complexity index is 521. The lowest BCUT2D eigenvalue weighted by atomic mass is 10.4. The topological polar surface area (TPSA) is 63.6 Å². The zero-order valence-corrected chi connectivity index (χ0v) is 12.5. The first kappa shape index (κ1) is 14.1. The predicted octanol–water partition coefficient (Wildman–Crippen LogP) is 2.96. The molecule has 1 N–H and O–H groups in total. The summed E-state index contributed by atoms with van der Waals surface area (Å²) in [4.78, 5) is 17.0. The number of hydrogen-bond donors (Lipinski definition) is 1. The van der Waals surface area contributed by atoms with Gasteiger partial charge in [0.2, 0.25) is 0 Å².